The Kier molecular flexibility index (Phi) is 2.81. The molecule has 1 rings (SSSR count). The van der Waals surface area contributed by atoms with Gasteiger partial charge in [0.05, 0.1) is 16.1 Å². The highest BCUT2D eigenvalue weighted by Crippen LogP contribution is 2.15. The van der Waals surface area contributed by atoms with Gasteiger partial charge >= 0.3 is 7.12 Å². The number of hydrogen-bond donors (Lipinski definition) is 2. The molecule has 0 aromatic heterocycles. The van der Waals surface area contributed by atoms with E-state index in [0.29, 0.717) is 16.1 Å². The average molecular weight is 170 g/mol. The molecular weight excluding hydrogens is 163 g/mol. The Morgan fingerprint density at radius 2 is 2.18 bits per heavy atom. The number of hydrogen-bond acceptors (Lipinski definition) is 3. The molecule has 0 saturated heterocycles. The Morgan fingerprint density at radius 1 is 1.45 bits per heavy atom. The molecule has 3 nitrogen and oxygen atoms in total. The van der Waals surface area contributed by atoms with Gasteiger partial charge in [0.1, 0.15) is 0 Å². The van der Waals surface area contributed by atoms with E-state index in [4.69, 9.17) is 10.0 Å². The van der Waals surface area contributed by atoms with Gasteiger partial charge in [-0.1, -0.05) is 18.2 Å². The van der Waals surface area contributed by atoms with Gasteiger partial charge in [0.25, 0.3) is 0 Å². The minimum atomic E-state index is -1.48. The number of rotatable bonds is 1. The molecule has 5 heteroatoms. The fourth-order valence-electron chi connectivity index (χ4n) is 0.870. The first kappa shape index (κ1) is 8.45. The molecular formula is C6H7BO3S. The maximum Gasteiger partial charge on any atom is 0.464 e. The van der Waals surface area contributed by atoms with Crippen LogP contribution in [0.15, 0.2) is 24.3 Å². The third-order valence-corrected chi connectivity index (χ3v) is 2.04. The molecule has 0 radical (unpaired) electrons. The summed E-state index contributed by atoms with van der Waals surface area (Å²) in [6, 6.07) is 0. The molecule has 1 atom stereocenters. The maximum absolute atomic E-state index is 10.4. The summed E-state index contributed by atoms with van der Waals surface area (Å²) in [5.41, 5.74) is 0. The van der Waals surface area contributed by atoms with Crippen LogP contribution < -0.4 is 0 Å². The normalized spacial score (nSPS) is 22.0. The monoisotopic (exact) mass is 170 g/mol. The number of allylic oxidation sites excluding steroid dienone is 4. The van der Waals surface area contributed by atoms with E-state index in [1.807, 2.05) is 0 Å². The summed E-state index contributed by atoms with van der Waals surface area (Å²) >= 11 is 0.291. The zero-order valence-corrected chi connectivity index (χ0v) is 6.49. The lowest BCUT2D eigenvalue weighted by Gasteiger charge is -2.11. The van der Waals surface area contributed by atoms with E-state index in [0.717, 1.165) is 0 Å². The van der Waals surface area contributed by atoms with Gasteiger partial charge < -0.3 is 10.0 Å². The van der Waals surface area contributed by atoms with Gasteiger partial charge in [0, 0.05) is 5.82 Å². The van der Waals surface area contributed by atoms with Gasteiger partial charge in [-0.05, 0) is 6.08 Å². The van der Waals surface area contributed by atoms with Crippen LogP contribution >= 0.6 is 0 Å². The largest absolute Gasteiger partial charge is 0.464 e. The molecule has 1 unspecified atom stereocenters. The van der Waals surface area contributed by atoms with Gasteiger partial charge in [-0.2, -0.15) is 0 Å². The Labute approximate surface area is 68.3 Å². The summed E-state index contributed by atoms with van der Waals surface area (Å²) in [5, 5.41) is 17.6. The SMILES string of the molecule is O=S=C1C=CC=CC1B(O)O. The highest BCUT2D eigenvalue weighted by molar-refractivity contribution is 7.67. The van der Waals surface area contributed by atoms with E-state index in [9.17, 15) is 4.21 Å². The van der Waals surface area contributed by atoms with Crippen LogP contribution in [0.2, 0.25) is 5.82 Å². The van der Waals surface area contributed by atoms with Crippen molar-refractivity contribution in [1.29, 1.82) is 0 Å². The summed E-state index contributed by atoms with van der Waals surface area (Å²) in [5.74, 6) is -0.553. The minimum absolute atomic E-state index is 0.291. The smallest absolute Gasteiger partial charge is 0.426 e. The van der Waals surface area contributed by atoms with Crippen LogP contribution in [0, 0.1) is 0 Å². The average Bonchev–Trinajstić information content (AvgIpc) is 2.04. The van der Waals surface area contributed by atoms with E-state index in [1.165, 1.54) is 0 Å². The molecule has 0 aromatic rings. The van der Waals surface area contributed by atoms with Crippen molar-refractivity contribution in [2.45, 2.75) is 5.82 Å². The molecule has 0 aromatic carbocycles. The van der Waals surface area contributed by atoms with Crippen molar-refractivity contribution >= 4 is 23.2 Å². The zero-order valence-electron chi connectivity index (χ0n) is 5.68. The quantitative estimate of drug-likeness (QED) is 0.405. The molecule has 2 N–H and O–H groups in total. The van der Waals surface area contributed by atoms with E-state index >= 15 is 0 Å². The summed E-state index contributed by atoms with van der Waals surface area (Å²) in [7, 11) is -1.48. The molecule has 1 aliphatic carbocycles. The molecule has 0 bridgehead atoms. The fourth-order valence-corrected chi connectivity index (χ4v) is 1.32. The summed E-state index contributed by atoms with van der Waals surface area (Å²) in [4.78, 5) is 0.433. The van der Waals surface area contributed by atoms with Crippen LogP contribution in [0.4, 0.5) is 0 Å². The first-order valence-corrected chi connectivity index (χ1v) is 3.87. The Balaban J connectivity index is 2.88. The lowest BCUT2D eigenvalue weighted by Crippen LogP contribution is -2.25. The Morgan fingerprint density at radius 3 is 2.64 bits per heavy atom. The van der Waals surface area contributed by atoms with Crippen molar-refractivity contribution in [2.24, 2.45) is 0 Å². The third kappa shape index (κ3) is 1.89. The first-order chi connectivity index (χ1) is 5.25. The first-order valence-electron chi connectivity index (χ1n) is 3.13. The summed E-state index contributed by atoms with van der Waals surface area (Å²) < 4.78 is 10.4. The fraction of sp³-hybridized carbons (Fsp3) is 0.167. The zero-order chi connectivity index (χ0) is 8.27. The van der Waals surface area contributed by atoms with Crippen LogP contribution in [0.5, 0.6) is 0 Å². The van der Waals surface area contributed by atoms with Crippen molar-refractivity contribution in [3.63, 3.8) is 0 Å². The second kappa shape index (κ2) is 3.66. The summed E-state index contributed by atoms with van der Waals surface area (Å²) in [6.07, 6.45) is 6.55. The standard InChI is InChI=1S/C6H7BO3S/c8-7(9)5-3-1-2-4-6(5)11-10/h1-5,8-9H. The van der Waals surface area contributed by atoms with Crippen molar-refractivity contribution in [1.82, 2.24) is 0 Å². The highest BCUT2D eigenvalue weighted by atomic mass is 32.1. The van der Waals surface area contributed by atoms with E-state index in [2.05, 4.69) is 0 Å². The van der Waals surface area contributed by atoms with Gasteiger partial charge in [-0.15, -0.1) is 0 Å². The molecule has 0 fully saturated rings. The lowest BCUT2D eigenvalue weighted by atomic mass is 9.69. The van der Waals surface area contributed by atoms with E-state index in [-0.39, 0.29) is 0 Å². The molecule has 58 valence electrons. The van der Waals surface area contributed by atoms with Gasteiger partial charge in [0.15, 0.2) is 0 Å². The lowest BCUT2D eigenvalue weighted by molar-refractivity contribution is 0.405. The second-order valence-electron chi connectivity index (χ2n) is 2.17. The molecule has 0 heterocycles. The van der Waals surface area contributed by atoms with Gasteiger partial charge in [0.2, 0.25) is 0 Å². The molecule has 1 aliphatic rings. The van der Waals surface area contributed by atoms with Crippen LogP contribution in [0.25, 0.3) is 0 Å². The Bertz CT molecular complexity index is 253. The van der Waals surface area contributed by atoms with Crippen molar-refractivity contribution in [2.75, 3.05) is 0 Å². The van der Waals surface area contributed by atoms with Crippen LogP contribution in [-0.2, 0) is 11.3 Å². The summed E-state index contributed by atoms with van der Waals surface area (Å²) in [6.45, 7) is 0. The maximum atomic E-state index is 10.4. The van der Waals surface area contributed by atoms with Crippen molar-refractivity contribution in [3.8, 4) is 0 Å². The van der Waals surface area contributed by atoms with Crippen LogP contribution in [-0.4, -0.2) is 26.2 Å². The second-order valence-corrected chi connectivity index (χ2v) is 2.81. The third-order valence-electron chi connectivity index (χ3n) is 1.44. The minimum Gasteiger partial charge on any atom is -0.426 e. The van der Waals surface area contributed by atoms with E-state index < -0.39 is 12.9 Å². The molecule has 0 spiro atoms. The molecule has 0 amide bonds. The van der Waals surface area contributed by atoms with Crippen LogP contribution in [0.3, 0.4) is 0 Å². The van der Waals surface area contributed by atoms with Crippen molar-refractivity contribution in [3.05, 3.63) is 24.3 Å². The predicted molar refractivity (Wildman–Crippen MR) is 45.4 cm³/mol. The molecule has 0 aliphatic heterocycles. The topological polar surface area (TPSA) is 57.5 Å². The van der Waals surface area contributed by atoms with Gasteiger partial charge in [-0.3, -0.25) is 0 Å². The van der Waals surface area contributed by atoms with Crippen molar-refractivity contribution < 1.29 is 14.3 Å². The van der Waals surface area contributed by atoms with Gasteiger partial charge in [-0.25, -0.2) is 4.21 Å². The predicted octanol–water partition coefficient (Wildman–Crippen LogP) is -0.659. The Hall–Kier alpha value is -0.645. The molecule has 0 saturated carbocycles. The highest BCUT2D eigenvalue weighted by Gasteiger charge is 2.25. The molecule has 11 heavy (non-hydrogen) atoms. The van der Waals surface area contributed by atoms with Crippen LogP contribution in [0.1, 0.15) is 0 Å². The van der Waals surface area contributed by atoms with E-state index in [1.54, 1.807) is 24.3 Å².